The maximum absolute atomic E-state index is 12.8. The summed E-state index contributed by atoms with van der Waals surface area (Å²) in [6, 6.07) is 12.0. The fraction of sp³-hybridized carbons (Fsp3) is 0.227. The second-order valence-electron chi connectivity index (χ2n) is 7.74. The molecule has 1 unspecified atom stereocenters. The van der Waals surface area contributed by atoms with Gasteiger partial charge in [0.1, 0.15) is 23.7 Å². The monoisotopic (exact) mass is 431 g/mol. The lowest BCUT2D eigenvalue weighted by Crippen LogP contribution is -2.42. The van der Waals surface area contributed by atoms with E-state index in [4.69, 9.17) is 0 Å². The number of nitrogens with zero attached hydrogens (tertiary/aromatic N) is 4. The molecule has 0 bridgehead atoms. The maximum atomic E-state index is 12.8. The third-order valence-electron chi connectivity index (χ3n) is 5.68. The molecule has 0 saturated carbocycles. The number of aromatic amines is 2. The Morgan fingerprint density at radius 2 is 1.97 bits per heavy atom. The molecule has 0 radical (unpaired) electrons. The van der Waals surface area contributed by atoms with Crippen molar-refractivity contribution in [2.45, 2.75) is 12.8 Å². The van der Waals surface area contributed by atoms with Crippen LogP contribution in [-0.2, 0) is 4.79 Å². The highest BCUT2D eigenvalue weighted by molar-refractivity contribution is 5.92. The van der Waals surface area contributed by atoms with E-state index in [1.165, 1.54) is 12.5 Å². The lowest BCUT2D eigenvalue weighted by Gasteiger charge is -2.32. The molecule has 32 heavy (non-hydrogen) atoms. The van der Waals surface area contributed by atoms with Crippen LogP contribution < -0.4 is 21.5 Å². The van der Waals surface area contributed by atoms with Crippen molar-refractivity contribution in [1.82, 2.24) is 24.5 Å². The van der Waals surface area contributed by atoms with Gasteiger partial charge in [-0.2, -0.15) is 0 Å². The van der Waals surface area contributed by atoms with Crippen LogP contribution >= 0.6 is 0 Å². The fourth-order valence-electron chi connectivity index (χ4n) is 4.06. The van der Waals surface area contributed by atoms with Gasteiger partial charge < -0.3 is 19.8 Å². The van der Waals surface area contributed by atoms with Crippen LogP contribution in [0.1, 0.15) is 12.8 Å². The second kappa shape index (κ2) is 8.14. The summed E-state index contributed by atoms with van der Waals surface area (Å²) in [5.41, 5.74) is -0.171. The van der Waals surface area contributed by atoms with Crippen molar-refractivity contribution >= 4 is 28.3 Å². The van der Waals surface area contributed by atoms with Gasteiger partial charge in [0.15, 0.2) is 0 Å². The highest BCUT2D eigenvalue weighted by Gasteiger charge is 2.27. The van der Waals surface area contributed by atoms with Crippen molar-refractivity contribution in [1.29, 1.82) is 0 Å². The Morgan fingerprint density at radius 3 is 2.84 bits per heavy atom. The molecule has 162 valence electrons. The molecule has 3 N–H and O–H groups in total. The summed E-state index contributed by atoms with van der Waals surface area (Å²) >= 11 is 0. The van der Waals surface area contributed by atoms with Crippen molar-refractivity contribution in [3.05, 3.63) is 76.0 Å². The summed E-state index contributed by atoms with van der Waals surface area (Å²) < 4.78 is 2.01. The molecular weight excluding hydrogens is 410 g/mol. The Bertz CT molecular complexity index is 1400. The molecule has 1 saturated heterocycles. The Labute approximate surface area is 182 Å². The number of carbonyl (C=O) groups is 1. The molecule has 3 aromatic heterocycles. The number of carbonyl (C=O) groups excluding carboxylic acids is 1. The molecule has 10 nitrogen and oxygen atoms in total. The second-order valence-corrected chi connectivity index (χ2v) is 7.74. The normalized spacial score (nSPS) is 16.2. The van der Waals surface area contributed by atoms with Crippen molar-refractivity contribution in [3.8, 4) is 5.82 Å². The van der Waals surface area contributed by atoms with E-state index >= 15 is 0 Å². The molecule has 1 aliphatic heterocycles. The van der Waals surface area contributed by atoms with E-state index in [0.29, 0.717) is 13.0 Å². The van der Waals surface area contributed by atoms with Crippen LogP contribution in [-0.4, -0.2) is 43.5 Å². The molecule has 1 fully saturated rings. The topological polar surface area (TPSA) is 129 Å². The summed E-state index contributed by atoms with van der Waals surface area (Å²) in [5.74, 6) is 0.911. The summed E-state index contributed by atoms with van der Waals surface area (Å²) in [7, 11) is 0. The van der Waals surface area contributed by atoms with E-state index in [-0.39, 0.29) is 17.5 Å². The Hall–Kier alpha value is -4.21. The number of hydrogen-bond donors (Lipinski definition) is 3. The summed E-state index contributed by atoms with van der Waals surface area (Å²) in [4.78, 5) is 51.2. The molecule has 0 aliphatic carbocycles. The zero-order valence-electron chi connectivity index (χ0n) is 17.1. The number of amides is 1. The first-order chi connectivity index (χ1) is 15.6. The maximum Gasteiger partial charge on any atom is 0.325 e. The quantitative estimate of drug-likeness (QED) is 0.451. The van der Waals surface area contributed by atoms with Gasteiger partial charge in [-0.25, -0.2) is 14.8 Å². The minimum atomic E-state index is -0.630. The lowest BCUT2D eigenvalue weighted by molar-refractivity contribution is -0.120. The number of nitrogens with one attached hydrogen (secondary N) is 3. The predicted molar refractivity (Wildman–Crippen MR) is 120 cm³/mol. The van der Waals surface area contributed by atoms with Crippen LogP contribution in [0.2, 0.25) is 0 Å². The number of piperidine rings is 1. The van der Waals surface area contributed by atoms with Gasteiger partial charge in [0.05, 0.1) is 11.4 Å². The Morgan fingerprint density at radius 1 is 1.12 bits per heavy atom. The smallest absolute Gasteiger partial charge is 0.325 e. The number of H-pyrrole nitrogens is 2. The first kappa shape index (κ1) is 19.7. The predicted octanol–water partition coefficient (Wildman–Crippen LogP) is 1.65. The van der Waals surface area contributed by atoms with Crippen LogP contribution in [0.5, 0.6) is 0 Å². The number of fused-ring (bicyclic) bond motifs is 1. The molecule has 1 amide bonds. The SMILES string of the molecule is O=C(Nc1c[nH]c(=O)[nH]c1=O)C1CCCN(c2cc(-n3ccc4ccccc43)ncn2)C1. The first-order valence-corrected chi connectivity index (χ1v) is 10.3. The van der Waals surface area contributed by atoms with Gasteiger partial charge in [-0.1, -0.05) is 18.2 Å². The average Bonchev–Trinajstić information content (AvgIpc) is 3.25. The lowest BCUT2D eigenvalue weighted by atomic mass is 9.97. The number of benzene rings is 1. The van der Waals surface area contributed by atoms with Crippen molar-refractivity contribution in [2.75, 3.05) is 23.3 Å². The third-order valence-corrected chi connectivity index (χ3v) is 5.68. The Kier molecular flexibility index (Phi) is 5.02. The van der Waals surface area contributed by atoms with E-state index in [1.54, 1.807) is 0 Å². The molecule has 4 heterocycles. The van der Waals surface area contributed by atoms with Gasteiger partial charge in [-0.3, -0.25) is 14.6 Å². The van der Waals surface area contributed by atoms with Crippen molar-refractivity contribution < 1.29 is 4.79 Å². The summed E-state index contributed by atoms with van der Waals surface area (Å²) in [6.45, 7) is 1.24. The van der Waals surface area contributed by atoms with E-state index < -0.39 is 11.2 Å². The zero-order valence-corrected chi connectivity index (χ0v) is 17.1. The van der Waals surface area contributed by atoms with Crippen LogP contribution in [0.15, 0.2) is 64.7 Å². The fourth-order valence-corrected chi connectivity index (χ4v) is 4.06. The van der Waals surface area contributed by atoms with Crippen LogP contribution in [0.3, 0.4) is 0 Å². The van der Waals surface area contributed by atoms with Gasteiger partial charge in [-0.05, 0) is 30.4 Å². The largest absolute Gasteiger partial charge is 0.356 e. The van der Waals surface area contributed by atoms with Crippen LogP contribution in [0.25, 0.3) is 16.7 Å². The zero-order chi connectivity index (χ0) is 22.1. The molecular formula is C22H21N7O3. The summed E-state index contributed by atoms with van der Waals surface area (Å²) in [5, 5.41) is 3.74. The Balaban J connectivity index is 1.35. The molecule has 10 heteroatoms. The molecule has 1 aromatic carbocycles. The van der Waals surface area contributed by atoms with Crippen molar-refractivity contribution in [3.63, 3.8) is 0 Å². The number of para-hydroxylation sites is 1. The minimum Gasteiger partial charge on any atom is -0.356 e. The number of aromatic nitrogens is 5. The third kappa shape index (κ3) is 3.78. The van der Waals surface area contributed by atoms with E-state index in [2.05, 4.69) is 36.2 Å². The average molecular weight is 431 g/mol. The van der Waals surface area contributed by atoms with E-state index in [1.807, 2.05) is 41.1 Å². The standard InChI is InChI=1S/C22H21N7O3/c30-20(26-16-11-23-22(32)27-21(16)31)15-5-3-8-28(12-15)18-10-19(25-13-24-18)29-9-7-14-4-1-2-6-17(14)29/h1-2,4,6-7,9-11,13,15H,3,5,8,12H2,(H,26,30)(H2,23,27,31,32). The molecule has 4 aromatic rings. The number of rotatable bonds is 4. The molecule has 1 aliphatic rings. The molecule has 0 spiro atoms. The van der Waals surface area contributed by atoms with E-state index in [0.717, 1.165) is 35.5 Å². The van der Waals surface area contributed by atoms with Gasteiger partial charge in [-0.15, -0.1) is 0 Å². The van der Waals surface area contributed by atoms with Gasteiger partial charge in [0.25, 0.3) is 5.56 Å². The van der Waals surface area contributed by atoms with Gasteiger partial charge >= 0.3 is 5.69 Å². The van der Waals surface area contributed by atoms with Crippen LogP contribution in [0, 0.1) is 5.92 Å². The molecule has 5 rings (SSSR count). The van der Waals surface area contributed by atoms with Gasteiger partial charge in [0.2, 0.25) is 5.91 Å². The van der Waals surface area contributed by atoms with Crippen molar-refractivity contribution in [2.24, 2.45) is 5.92 Å². The molecule has 1 atom stereocenters. The minimum absolute atomic E-state index is 0.0236. The first-order valence-electron chi connectivity index (χ1n) is 10.3. The van der Waals surface area contributed by atoms with Crippen LogP contribution in [0.4, 0.5) is 11.5 Å². The highest BCUT2D eigenvalue weighted by Crippen LogP contribution is 2.25. The number of anilines is 2. The number of hydrogen-bond acceptors (Lipinski definition) is 6. The van der Waals surface area contributed by atoms with E-state index in [9.17, 15) is 14.4 Å². The summed E-state index contributed by atoms with van der Waals surface area (Å²) in [6.07, 6.45) is 6.22. The van der Waals surface area contributed by atoms with Gasteiger partial charge in [0, 0.05) is 31.5 Å². The highest BCUT2D eigenvalue weighted by atomic mass is 16.2.